The van der Waals surface area contributed by atoms with Gasteiger partial charge in [-0.1, -0.05) is 0 Å². The predicted molar refractivity (Wildman–Crippen MR) is 84.1 cm³/mol. The maximum absolute atomic E-state index is 12.9. The van der Waals surface area contributed by atoms with Crippen LogP contribution in [0.4, 0.5) is 0 Å². The Morgan fingerprint density at radius 3 is 2.56 bits per heavy atom. The van der Waals surface area contributed by atoms with Gasteiger partial charge in [0.25, 0.3) is 0 Å². The van der Waals surface area contributed by atoms with Gasteiger partial charge in [-0.05, 0) is 20.3 Å². The fourth-order valence-corrected chi connectivity index (χ4v) is 3.20. The number of allylic oxidation sites excluding steroid dienone is 1. The Morgan fingerprint density at radius 2 is 1.96 bits per heavy atom. The summed E-state index contributed by atoms with van der Waals surface area (Å²) < 4.78 is 15.5. The van der Waals surface area contributed by atoms with Crippen molar-refractivity contribution in [2.24, 2.45) is 11.1 Å². The van der Waals surface area contributed by atoms with Crippen molar-refractivity contribution >= 4 is 17.7 Å². The van der Waals surface area contributed by atoms with Crippen LogP contribution >= 0.6 is 0 Å². The minimum atomic E-state index is -1.92. The molecule has 0 aromatic heterocycles. The van der Waals surface area contributed by atoms with Crippen molar-refractivity contribution in [3.63, 3.8) is 0 Å². The van der Waals surface area contributed by atoms with Crippen LogP contribution in [0.1, 0.15) is 39.5 Å². The Balaban J connectivity index is 2.71. The van der Waals surface area contributed by atoms with Crippen LogP contribution in [-0.2, 0) is 28.6 Å². The molecule has 1 aliphatic carbocycles. The third-order valence-corrected chi connectivity index (χ3v) is 4.15. The number of Topliss-reactive ketones (excluding diaryl/α,β-unsaturated/α-hetero) is 1. The van der Waals surface area contributed by atoms with E-state index in [4.69, 9.17) is 19.9 Å². The van der Waals surface area contributed by atoms with E-state index in [-0.39, 0.29) is 48.2 Å². The van der Waals surface area contributed by atoms with E-state index in [1.165, 1.54) is 0 Å². The number of ketones is 1. The highest BCUT2D eigenvalue weighted by Crippen LogP contribution is 2.49. The van der Waals surface area contributed by atoms with E-state index in [1.54, 1.807) is 13.8 Å². The van der Waals surface area contributed by atoms with E-state index in [0.29, 0.717) is 12.8 Å². The lowest BCUT2D eigenvalue weighted by atomic mass is 9.66. The van der Waals surface area contributed by atoms with Crippen LogP contribution < -0.4 is 5.73 Å². The second kappa shape index (κ2) is 7.38. The monoisotopic (exact) mass is 348 g/mol. The molecule has 1 atom stereocenters. The molecule has 8 heteroatoms. The summed E-state index contributed by atoms with van der Waals surface area (Å²) in [5.74, 6) is -2.06. The topological polar surface area (TPSA) is 129 Å². The van der Waals surface area contributed by atoms with Crippen LogP contribution in [-0.4, -0.2) is 30.9 Å². The van der Waals surface area contributed by atoms with E-state index in [1.807, 2.05) is 6.07 Å². The summed E-state index contributed by atoms with van der Waals surface area (Å²) in [5, 5.41) is 9.57. The third kappa shape index (κ3) is 3.09. The van der Waals surface area contributed by atoms with Gasteiger partial charge in [0.2, 0.25) is 5.88 Å². The van der Waals surface area contributed by atoms with Gasteiger partial charge in [-0.2, -0.15) is 5.26 Å². The molecule has 2 N–H and O–H groups in total. The molecule has 25 heavy (non-hydrogen) atoms. The molecule has 2 rings (SSSR count). The fraction of sp³-hybridized carbons (Fsp3) is 0.529. The Labute approximate surface area is 145 Å². The molecule has 0 aromatic rings. The van der Waals surface area contributed by atoms with Gasteiger partial charge < -0.3 is 19.9 Å². The van der Waals surface area contributed by atoms with Gasteiger partial charge in [-0.25, -0.2) is 0 Å². The van der Waals surface area contributed by atoms with Crippen LogP contribution in [0.3, 0.4) is 0 Å². The van der Waals surface area contributed by atoms with Crippen molar-refractivity contribution in [2.75, 3.05) is 13.2 Å². The first-order valence-corrected chi connectivity index (χ1v) is 8.10. The van der Waals surface area contributed by atoms with Crippen molar-refractivity contribution < 1.29 is 28.6 Å². The van der Waals surface area contributed by atoms with E-state index in [2.05, 4.69) is 0 Å². The predicted octanol–water partition coefficient (Wildman–Crippen LogP) is 1.22. The zero-order valence-electron chi connectivity index (χ0n) is 14.2. The van der Waals surface area contributed by atoms with Gasteiger partial charge in [-0.15, -0.1) is 0 Å². The largest absolute Gasteiger partial charge is 0.466 e. The number of esters is 2. The smallest absolute Gasteiger partial charge is 0.322 e. The van der Waals surface area contributed by atoms with E-state index in [9.17, 15) is 19.6 Å². The first-order valence-electron chi connectivity index (χ1n) is 8.10. The highest BCUT2D eigenvalue weighted by molar-refractivity contribution is 6.07. The minimum absolute atomic E-state index is 0.0136. The molecule has 0 amide bonds. The highest BCUT2D eigenvalue weighted by atomic mass is 16.5. The number of hydrogen-bond acceptors (Lipinski definition) is 8. The summed E-state index contributed by atoms with van der Waals surface area (Å²) in [5.41, 5.74) is 3.59. The lowest BCUT2D eigenvalue weighted by Gasteiger charge is -2.38. The number of nitriles is 1. The number of hydrogen-bond donors (Lipinski definition) is 1. The SMILES string of the molecule is CCOC(=O)CC1(C(=O)OCC)C(C#N)=C(N)OC2=C1C(=O)CCC2. The summed E-state index contributed by atoms with van der Waals surface area (Å²) in [6.07, 6.45) is 0.553. The summed E-state index contributed by atoms with van der Waals surface area (Å²) in [6, 6.07) is 1.82. The first-order chi connectivity index (χ1) is 11.9. The van der Waals surface area contributed by atoms with Gasteiger partial charge in [-0.3, -0.25) is 14.4 Å². The molecule has 1 unspecified atom stereocenters. The standard InChI is InChI=1S/C17H20N2O6/c1-3-23-13(21)8-17(16(22)24-4-2)10(9-18)15(19)25-12-7-5-6-11(20)14(12)17/h3-8,19H2,1-2H3. The quantitative estimate of drug-likeness (QED) is 0.734. The molecular weight excluding hydrogens is 328 g/mol. The number of rotatable bonds is 5. The average molecular weight is 348 g/mol. The van der Waals surface area contributed by atoms with E-state index >= 15 is 0 Å². The summed E-state index contributed by atoms with van der Waals surface area (Å²) >= 11 is 0. The first kappa shape index (κ1) is 18.5. The van der Waals surface area contributed by atoms with Crippen LogP contribution in [0, 0.1) is 16.7 Å². The molecule has 0 bridgehead atoms. The van der Waals surface area contributed by atoms with E-state index < -0.39 is 23.8 Å². The fourth-order valence-electron chi connectivity index (χ4n) is 3.20. The normalized spacial score (nSPS) is 22.7. The van der Waals surface area contributed by atoms with Gasteiger partial charge >= 0.3 is 11.9 Å². The zero-order valence-corrected chi connectivity index (χ0v) is 14.2. The van der Waals surface area contributed by atoms with Gasteiger partial charge in [0.05, 0.1) is 25.2 Å². The number of nitrogens with zero attached hydrogens (tertiary/aromatic N) is 1. The average Bonchev–Trinajstić information content (AvgIpc) is 2.55. The van der Waals surface area contributed by atoms with Crippen molar-refractivity contribution in [1.29, 1.82) is 5.26 Å². The Bertz CT molecular complexity index is 715. The molecule has 8 nitrogen and oxygen atoms in total. The van der Waals surface area contributed by atoms with Gasteiger partial charge in [0, 0.05) is 12.8 Å². The second-order valence-corrected chi connectivity index (χ2v) is 5.64. The Morgan fingerprint density at radius 1 is 1.28 bits per heavy atom. The number of carbonyl (C=O) groups is 3. The van der Waals surface area contributed by atoms with Crippen molar-refractivity contribution in [3.8, 4) is 6.07 Å². The summed E-state index contributed by atoms with van der Waals surface area (Å²) in [6.45, 7) is 3.31. The molecule has 1 aliphatic heterocycles. The van der Waals surface area contributed by atoms with Crippen LogP contribution in [0.2, 0.25) is 0 Å². The molecule has 0 aromatic carbocycles. The van der Waals surface area contributed by atoms with Crippen molar-refractivity contribution in [1.82, 2.24) is 0 Å². The molecule has 0 spiro atoms. The maximum Gasteiger partial charge on any atom is 0.322 e. The van der Waals surface area contributed by atoms with Crippen LogP contribution in [0.5, 0.6) is 0 Å². The molecule has 134 valence electrons. The Kier molecular flexibility index (Phi) is 5.47. The molecule has 0 fully saturated rings. The molecular formula is C17H20N2O6. The van der Waals surface area contributed by atoms with Crippen LogP contribution in [0.15, 0.2) is 22.8 Å². The molecule has 2 aliphatic rings. The lowest BCUT2D eigenvalue weighted by Crippen LogP contribution is -2.46. The zero-order chi connectivity index (χ0) is 18.6. The van der Waals surface area contributed by atoms with Gasteiger partial charge in [0.15, 0.2) is 5.78 Å². The molecule has 0 saturated heterocycles. The van der Waals surface area contributed by atoms with Crippen molar-refractivity contribution in [2.45, 2.75) is 39.5 Å². The number of ether oxygens (including phenoxy) is 3. The van der Waals surface area contributed by atoms with Crippen molar-refractivity contribution in [3.05, 3.63) is 22.8 Å². The van der Waals surface area contributed by atoms with Crippen LogP contribution in [0.25, 0.3) is 0 Å². The molecule has 1 heterocycles. The molecule has 0 saturated carbocycles. The highest BCUT2D eigenvalue weighted by Gasteiger charge is 2.57. The number of carbonyl (C=O) groups excluding carboxylic acids is 3. The third-order valence-electron chi connectivity index (χ3n) is 4.15. The lowest BCUT2D eigenvalue weighted by molar-refractivity contribution is -0.159. The minimum Gasteiger partial charge on any atom is -0.466 e. The maximum atomic E-state index is 12.9. The second-order valence-electron chi connectivity index (χ2n) is 5.64. The summed E-state index contributed by atoms with van der Waals surface area (Å²) in [4.78, 5) is 37.6. The van der Waals surface area contributed by atoms with E-state index in [0.717, 1.165) is 0 Å². The number of nitrogens with two attached hydrogens (primary N) is 1. The van der Waals surface area contributed by atoms with Gasteiger partial charge in [0.1, 0.15) is 22.8 Å². The molecule has 0 radical (unpaired) electrons. The Hall–Kier alpha value is -2.82. The summed E-state index contributed by atoms with van der Waals surface area (Å²) in [7, 11) is 0.